The fourth-order valence-electron chi connectivity index (χ4n) is 2.98. The lowest BCUT2D eigenvalue weighted by Gasteiger charge is -2.26. The highest BCUT2D eigenvalue weighted by molar-refractivity contribution is 5.85. The molecule has 0 aliphatic carbocycles. The van der Waals surface area contributed by atoms with Crippen molar-refractivity contribution in [2.45, 2.75) is 39.9 Å². The first-order chi connectivity index (χ1) is 12.8. The quantitative estimate of drug-likeness (QED) is 0.686. The minimum absolute atomic E-state index is 0.0348. The molecule has 1 aromatic carbocycles. The fourth-order valence-corrected chi connectivity index (χ4v) is 2.98. The summed E-state index contributed by atoms with van der Waals surface area (Å²) in [5.74, 6) is -1.93. The highest BCUT2D eigenvalue weighted by Gasteiger charge is 2.26. The van der Waals surface area contributed by atoms with Crippen LogP contribution in [0.2, 0.25) is 0 Å². The van der Waals surface area contributed by atoms with Crippen LogP contribution in [0.1, 0.15) is 20.8 Å². The molecule has 0 radical (unpaired) electrons. The number of rotatable bonds is 8. The number of para-hydroxylation sites is 2. The predicted molar refractivity (Wildman–Crippen MR) is 99.4 cm³/mol. The number of aryl methyl sites for hydroxylation is 1. The van der Waals surface area contributed by atoms with Gasteiger partial charge >= 0.3 is 11.7 Å². The number of carbonyl (C=O) groups excluding carboxylic acids is 2. The topological polar surface area (TPSA) is 114 Å². The number of hydrogen-bond acceptors (Lipinski definition) is 4. The molecule has 0 spiro atoms. The normalized spacial score (nSPS) is 12.0. The van der Waals surface area contributed by atoms with Crippen molar-refractivity contribution >= 4 is 28.8 Å². The van der Waals surface area contributed by atoms with Gasteiger partial charge < -0.3 is 15.3 Å². The maximum absolute atomic E-state index is 12.8. The number of fused-ring (bicyclic) bond motifs is 1. The summed E-state index contributed by atoms with van der Waals surface area (Å²) in [4.78, 5) is 49.0. The number of carbonyl (C=O) groups is 3. The zero-order valence-electron chi connectivity index (χ0n) is 15.6. The lowest BCUT2D eigenvalue weighted by atomic mass is 10.2. The van der Waals surface area contributed by atoms with Crippen LogP contribution < -0.4 is 11.0 Å². The number of imidazole rings is 1. The van der Waals surface area contributed by atoms with E-state index in [0.29, 0.717) is 17.6 Å². The van der Waals surface area contributed by atoms with Gasteiger partial charge in [0.15, 0.2) is 0 Å². The van der Waals surface area contributed by atoms with Crippen molar-refractivity contribution in [2.24, 2.45) is 0 Å². The van der Waals surface area contributed by atoms with Crippen LogP contribution in [0, 0.1) is 0 Å². The molecule has 2 N–H and O–H groups in total. The van der Waals surface area contributed by atoms with Gasteiger partial charge in [-0.05, 0) is 26.0 Å². The van der Waals surface area contributed by atoms with E-state index >= 15 is 0 Å². The Hall–Kier alpha value is -3.10. The largest absolute Gasteiger partial charge is 0.480 e. The highest BCUT2D eigenvalue weighted by Crippen LogP contribution is 2.13. The first kappa shape index (κ1) is 20.2. The average Bonchev–Trinajstić information content (AvgIpc) is 2.89. The van der Waals surface area contributed by atoms with Gasteiger partial charge in [-0.3, -0.25) is 18.7 Å². The zero-order valence-corrected chi connectivity index (χ0v) is 15.6. The number of nitrogens with zero attached hydrogens (tertiary/aromatic N) is 3. The van der Waals surface area contributed by atoms with Crippen molar-refractivity contribution in [1.29, 1.82) is 0 Å². The summed E-state index contributed by atoms with van der Waals surface area (Å²) in [6, 6.07) is 6.05. The van der Waals surface area contributed by atoms with Crippen molar-refractivity contribution < 1.29 is 19.5 Å². The molecule has 2 aromatic rings. The number of carboxylic acid groups (broad SMARTS) is 1. The first-order valence-corrected chi connectivity index (χ1v) is 8.72. The number of aliphatic carboxylic acids is 1. The average molecular weight is 376 g/mol. The second kappa shape index (κ2) is 8.52. The van der Waals surface area contributed by atoms with E-state index in [0.717, 1.165) is 4.90 Å². The van der Waals surface area contributed by atoms with E-state index in [4.69, 9.17) is 0 Å². The second-order valence-electron chi connectivity index (χ2n) is 6.19. The Morgan fingerprint density at radius 1 is 1.19 bits per heavy atom. The molecular formula is C18H24N4O5. The SMILES string of the molecule is CCn1c(=O)n(CC(=O)N(CCNC(C)=O)C(C)C(=O)O)c2ccccc21. The molecule has 2 amide bonds. The van der Waals surface area contributed by atoms with Crippen molar-refractivity contribution in [3.8, 4) is 0 Å². The molecule has 146 valence electrons. The molecule has 9 nitrogen and oxygen atoms in total. The minimum atomic E-state index is -1.16. The molecular weight excluding hydrogens is 352 g/mol. The van der Waals surface area contributed by atoms with Gasteiger partial charge in [0.1, 0.15) is 12.6 Å². The van der Waals surface area contributed by atoms with Crippen molar-refractivity contribution in [2.75, 3.05) is 13.1 Å². The molecule has 1 aromatic heterocycles. The highest BCUT2D eigenvalue weighted by atomic mass is 16.4. The molecule has 0 fully saturated rings. The molecule has 1 atom stereocenters. The Bertz CT molecular complexity index is 914. The van der Waals surface area contributed by atoms with Gasteiger partial charge in [-0.25, -0.2) is 9.59 Å². The zero-order chi connectivity index (χ0) is 20.1. The van der Waals surface area contributed by atoms with Crippen LogP contribution in [-0.2, 0) is 27.5 Å². The third-order valence-corrected chi connectivity index (χ3v) is 4.41. The lowest BCUT2D eigenvalue weighted by molar-refractivity contribution is -0.149. The predicted octanol–water partition coefficient (Wildman–Crippen LogP) is 0.261. The molecule has 1 unspecified atom stereocenters. The summed E-state index contributed by atoms with van der Waals surface area (Å²) in [5, 5.41) is 11.8. The van der Waals surface area contributed by atoms with E-state index in [1.54, 1.807) is 22.8 Å². The molecule has 2 rings (SSSR count). The molecule has 0 bridgehead atoms. The summed E-state index contributed by atoms with van der Waals surface area (Å²) in [7, 11) is 0. The standard InChI is InChI=1S/C18H24N4O5/c1-4-20-14-7-5-6-8-15(14)22(18(20)27)11-16(24)21(12(2)17(25)26)10-9-19-13(3)23/h5-8,12H,4,9-11H2,1-3H3,(H,19,23)(H,25,26). The molecule has 0 saturated carbocycles. The van der Waals surface area contributed by atoms with Gasteiger partial charge in [0, 0.05) is 26.6 Å². The Balaban J connectivity index is 2.33. The van der Waals surface area contributed by atoms with E-state index in [1.165, 1.54) is 18.4 Å². The third kappa shape index (κ3) is 4.36. The van der Waals surface area contributed by atoms with E-state index < -0.39 is 17.9 Å². The lowest BCUT2D eigenvalue weighted by Crippen LogP contribution is -2.48. The number of hydrogen-bond donors (Lipinski definition) is 2. The maximum Gasteiger partial charge on any atom is 0.329 e. The van der Waals surface area contributed by atoms with Crippen LogP contribution in [0.4, 0.5) is 0 Å². The second-order valence-corrected chi connectivity index (χ2v) is 6.19. The molecule has 0 saturated heterocycles. The smallest absolute Gasteiger partial charge is 0.329 e. The first-order valence-electron chi connectivity index (χ1n) is 8.72. The molecule has 0 aliphatic heterocycles. The van der Waals surface area contributed by atoms with Crippen LogP contribution in [-0.4, -0.2) is 56.1 Å². The molecule has 9 heteroatoms. The Morgan fingerprint density at radius 2 is 1.78 bits per heavy atom. The van der Waals surface area contributed by atoms with Crippen LogP contribution >= 0.6 is 0 Å². The van der Waals surface area contributed by atoms with E-state index in [1.807, 2.05) is 13.0 Å². The number of carboxylic acids is 1. The van der Waals surface area contributed by atoms with Crippen molar-refractivity contribution in [3.63, 3.8) is 0 Å². The van der Waals surface area contributed by atoms with Gasteiger partial charge in [0.25, 0.3) is 0 Å². The number of nitrogens with one attached hydrogen (secondary N) is 1. The van der Waals surface area contributed by atoms with Gasteiger partial charge in [-0.15, -0.1) is 0 Å². The van der Waals surface area contributed by atoms with Gasteiger partial charge in [-0.1, -0.05) is 12.1 Å². The number of aromatic nitrogens is 2. The Kier molecular flexibility index (Phi) is 6.38. The van der Waals surface area contributed by atoms with E-state index in [9.17, 15) is 24.3 Å². The Labute approximate surface area is 156 Å². The summed E-state index contributed by atoms with van der Waals surface area (Å²) < 4.78 is 2.91. The van der Waals surface area contributed by atoms with Crippen LogP contribution in [0.5, 0.6) is 0 Å². The minimum Gasteiger partial charge on any atom is -0.480 e. The molecule has 0 aliphatic rings. The van der Waals surface area contributed by atoms with E-state index in [-0.39, 0.29) is 31.2 Å². The summed E-state index contributed by atoms with van der Waals surface area (Å²) in [6.45, 7) is 4.92. The number of benzene rings is 1. The summed E-state index contributed by atoms with van der Waals surface area (Å²) >= 11 is 0. The van der Waals surface area contributed by atoms with Gasteiger partial charge in [0.05, 0.1) is 11.0 Å². The number of amides is 2. The third-order valence-electron chi connectivity index (χ3n) is 4.41. The molecule has 1 heterocycles. The van der Waals surface area contributed by atoms with Crippen molar-refractivity contribution in [3.05, 3.63) is 34.7 Å². The van der Waals surface area contributed by atoms with Crippen LogP contribution in [0.25, 0.3) is 11.0 Å². The molecule has 27 heavy (non-hydrogen) atoms. The Morgan fingerprint density at radius 3 is 2.30 bits per heavy atom. The van der Waals surface area contributed by atoms with Crippen molar-refractivity contribution in [1.82, 2.24) is 19.4 Å². The van der Waals surface area contributed by atoms with E-state index in [2.05, 4.69) is 5.32 Å². The van der Waals surface area contributed by atoms with Crippen LogP contribution in [0.3, 0.4) is 0 Å². The summed E-state index contributed by atoms with van der Waals surface area (Å²) in [6.07, 6.45) is 0. The fraction of sp³-hybridized carbons (Fsp3) is 0.444. The van der Waals surface area contributed by atoms with Gasteiger partial charge in [0.2, 0.25) is 11.8 Å². The monoisotopic (exact) mass is 376 g/mol. The van der Waals surface area contributed by atoms with Crippen LogP contribution in [0.15, 0.2) is 29.1 Å². The maximum atomic E-state index is 12.8. The summed E-state index contributed by atoms with van der Waals surface area (Å²) in [5.41, 5.74) is 1.01. The van der Waals surface area contributed by atoms with Gasteiger partial charge in [-0.2, -0.15) is 0 Å².